The van der Waals surface area contributed by atoms with Crippen LogP contribution < -0.4 is 10.6 Å². The molecule has 0 saturated heterocycles. The van der Waals surface area contributed by atoms with E-state index in [9.17, 15) is 4.79 Å². The molecule has 0 aromatic rings. The summed E-state index contributed by atoms with van der Waals surface area (Å²) in [5, 5.41) is 6.20. The number of hydrogen-bond acceptors (Lipinski definition) is 2. The van der Waals surface area contributed by atoms with E-state index in [1.54, 1.807) is 7.05 Å². The van der Waals surface area contributed by atoms with E-state index < -0.39 is 0 Å². The second-order valence-electron chi connectivity index (χ2n) is 5.95. The highest BCUT2D eigenvalue weighted by Crippen LogP contribution is 2.22. The maximum atomic E-state index is 11.6. The van der Waals surface area contributed by atoms with Crippen LogP contribution in [0.3, 0.4) is 0 Å². The Morgan fingerprint density at radius 1 is 1.18 bits per heavy atom. The molecule has 17 heavy (non-hydrogen) atoms. The van der Waals surface area contributed by atoms with Crippen LogP contribution in [0.15, 0.2) is 0 Å². The molecule has 3 heteroatoms. The summed E-state index contributed by atoms with van der Waals surface area (Å²) in [5.41, 5.74) is -0.306. The van der Waals surface area contributed by atoms with Crippen LogP contribution in [-0.4, -0.2) is 26.0 Å². The fourth-order valence-electron chi connectivity index (χ4n) is 2.58. The maximum Gasteiger partial charge on any atom is 0.226 e. The van der Waals surface area contributed by atoms with Gasteiger partial charge in [0.2, 0.25) is 5.91 Å². The van der Waals surface area contributed by atoms with Crippen molar-refractivity contribution in [3.05, 3.63) is 0 Å². The van der Waals surface area contributed by atoms with Crippen LogP contribution in [0.5, 0.6) is 0 Å². The highest BCUT2D eigenvalue weighted by molar-refractivity contribution is 5.81. The number of nitrogens with one attached hydrogen (secondary N) is 2. The van der Waals surface area contributed by atoms with Crippen LogP contribution in [0.1, 0.15) is 52.4 Å². The second kappa shape index (κ2) is 7.00. The van der Waals surface area contributed by atoms with E-state index in [-0.39, 0.29) is 11.3 Å². The fourth-order valence-corrected chi connectivity index (χ4v) is 2.58. The Kier molecular flexibility index (Phi) is 5.96. The first-order valence-corrected chi connectivity index (χ1v) is 6.99. The first-order valence-electron chi connectivity index (χ1n) is 6.99. The Labute approximate surface area is 106 Å². The number of hydrogen-bond donors (Lipinski definition) is 2. The molecule has 0 aromatic carbocycles. The Morgan fingerprint density at radius 2 is 1.76 bits per heavy atom. The van der Waals surface area contributed by atoms with Gasteiger partial charge in [0.25, 0.3) is 0 Å². The summed E-state index contributed by atoms with van der Waals surface area (Å²) in [4.78, 5) is 11.6. The second-order valence-corrected chi connectivity index (χ2v) is 5.95. The summed E-state index contributed by atoms with van der Waals surface area (Å²) in [6.45, 7) is 5.82. The van der Waals surface area contributed by atoms with Crippen molar-refractivity contribution in [2.45, 2.75) is 52.4 Å². The van der Waals surface area contributed by atoms with Crippen LogP contribution in [0.4, 0.5) is 0 Å². The minimum absolute atomic E-state index is 0.117. The monoisotopic (exact) mass is 240 g/mol. The highest BCUT2D eigenvalue weighted by atomic mass is 16.2. The Hall–Kier alpha value is -0.570. The molecule has 0 radical (unpaired) electrons. The third-order valence-corrected chi connectivity index (χ3v) is 3.82. The minimum Gasteiger partial charge on any atom is -0.359 e. The third kappa shape index (κ3) is 5.07. The fraction of sp³-hybridized carbons (Fsp3) is 0.929. The SMILES string of the molecule is CNC(=O)C(C)(C)CNCC1CCCCCC1. The van der Waals surface area contributed by atoms with Gasteiger partial charge in [0.1, 0.15) is 0 Å². The molecule has 1 amide bonds. The van der Waals surface area contributed by atoms with Crippen LogP contribution >= 0.6 is 0 Å². The van der Waals surface area contributed by atoms with E-state index in [2.05, 4.69) is 10.6 Å². The smallest absolute Gasteiger partial charge is 0.226 e. The molecule has 1 aliphatic carbocycles. The topological polar surface area (TPSA) is 41.1 Å². The molecule has 0 spiro atoms. The lowest BCUT2D eigenvalue weighted by atomic mass is 9.91. The van der Waals surface area contributed by atoms with Gasteiger partial charge in [-0.3, -0.25) is 4.79 Å². The number of amides is 1. The molecule has 1 fully saturated rings. The molecule has 1 aliphatic rings. The van der Waals surface area contributed by atoms with Crippen molar-refractivity contribution in [2.75, 3.05) is 20.1 Å². The van der Waals surface area contributed by atoms with Crippen LogP contribution in [0.2, 0.25) is 0 Å². The van der Waals surface area contributed by atoms with Gasteiger partial charge in [-0.15, -0.1) is 0 Å². The quantitative estimate of drug-likeness (QED) is 0.724. The molecule has 0 bridgehead atoms. The van der Waals surface area contributed by atoms with Crippen LogP contribution in [0, 0.1) is 11.3 Å². The largest absolute Gasteiger partial charge is 0.359 e. The van der Waals surface area contributed by atoms with E-state index in [0.717, 1.165) is 19.0 Å². The molecule has 3 nitrogen and oxygen atoms in total. The molecule has 2 N–H and O–H groups in total. The highest BCUT2D eigenvalue weighted by Gasteiger charge is 2.26. The van der Waals surface area contributed by atoms with Gasteiger partial charge in [0.05, 0.1) is 5.41 Å². The molecule has 0 heterocycles. The van der Waals surface area contributed by atoms with Gasteiger partial charge < -0.3 is 10.6 Å². The molecular weight excluding hydrogens is 212 g/mol. The van der Waals surface area contributed by atoms with Gasteiger partial charge in [-0.25, -0.2) is 0 Å². The van der Waals surface area contributed by atoms with Gasteiger partial charge in [-0.05, 0) is 39.2 Å². The lowest BCUT2D eigenvalue weighted by Gasteiger charge is -2.24. The molecule has 0 aliphatic heterocycles. The number of carbonyl (C=O) groups excluding carboxylic acids is 1. The summed E-state index contributed by atoms with van der Waals surface area (Å²) in [6.07, 6.45) is 8.28. The Bertz CT molecular complexity index is 230. The molecule has 0 unspecified atom stereocenters. The minimum atomic E-state index is -0.306. The summed E-state index contributed by atoms with van der Waals surface area (Å²) >= 11 is 0. The van der Waals surface area contributed by atoms with E-state index in [1.165, 1.54) is 38.5 Å². The third-order valence-electron chi connectivity index (χ3n) is 3.82. The van der Waals surface area contributed by atoms with Crippen molar-refractivity contribution in [2.24, 2.45) is 11.3 Å². The summed E-state index contributed by atoms with van der Waals surface area (Å²) in [5.74, 6) is 0.934. The summed E-state index contributed by atoms with van der Waals surface area (Å²) < 4.78 is 0. The standard InChI is InChI=1S/C14H28N2O/c1-14(2,13(17)15-3)11-16-10-12-8-6-4-5-7-9-12/h12,16H,4-11H2,1-3H3,(H,15,17). The first kappa shape index (κ1) is 14.5. The van der Waals surface area contributed by atoms with Crippen molar-refractivity contribution >= 4 is 5.91 Å². The lowest BCUT2D eigenvalue weighted by Crippen LogP contribution is -2.43. The average molecular weight is 240 g/mol. The zero-order valence-corrected chi connectivity index (χ0v) is 11.6. The van der Waals surface area contributed by atoms with Crippen molar-refractivity contribution in [1.82, 2.24) is 10.6 Å². The summed E-state index contributed by atoms with van der Waals surface area (Å²) in [7, 11) is 1.70. The van der Waals surface area contributed by atoms with Crippen molar-refractivity contribution < 1.29 is 4.79 Å². The molecule has 0 atom stereocenters. The molecule has 0 aromatic heterocycles. The molecule has 1 rings (SSSR count). The van der Waals surface area contributed by atoms with Crippen molar-refractivity contribution in [1.29, 1.82) is 0 Å². The zero-order chi connectivity index (χ0) is 12.7. The number of rotatable bonds is 5. The maximum absolute atomic E-state index is 11.6. The van der Waals surface area contributed by atoms with Gasteiger partial charge in [-0.1, -0.05) is 25.7 Å². The van der Waals surface area contributed by atoms with Gasteiger partial charge in [0.15, 0.2) is 0 Å². The van der Waals surface area contributed by atoms with E-state index in [0.29, 0.717) is 0 Å². The van der Waals surface area contributed by atoms with Gasteiger partial charge in [0, 0.05) is 13.6 Å². The normalized spacial score (nSPS) is 18.8. The number of carbonyl (C=O) groups is 1. The van der Waals surface area contributed by atoms with Crippen LogP contribution in [-0.2, 0) is 4.79 Å². The average Bonchev–Trinajstić information content (AvgIpc) is 2.56. The van der Waals surface area contributed by atoms with Crippen LogP contribution in [0.25, 0.3) is 0 Å². The summed E-state index contributed by atoms with van der Waals surface area (Å²) in [6, 6.07) is 0. The predicted octanol–water partition coefficient (Wildman–Crippen LogP) is 2.32. The first-order chi connectivity index (χ1) is 8.06. The predicted molar refractivity (Wildman–Crippen MR) is 71.9 cm³/mol. The van der Waals surface area contributed by atoms with Gasteiger partial charge >= 0.3 is 0 Å². The Morgan fingerprint density at radius 3 is 2.29 bits per heavy atom. The molecule has 1 saturated carbocycles. The Balaban J connectivity index is 2.24. The van der Waals surface area contributed by atoms with E-state index in [1.807, 2.05) is 13.8 Å². The van der Waals surface area contributed by atoms with E-state index >= 15 is 0 Å². The van der Waals surface area contributed by atoms with Gasteiger partial charge in [-0.2, -0.15) is 0 Å². The van der Waals surface area contributed by atoms with Crippen molar-refractivity contribution in [3.8, 4) is 0 Å². The zero-order valence-electron chi connectivity index (χ0n) is 11.6. The molecule has 100 valence electrons. The van der Waals surface area contributed by atoms with Crippen molar-refractivity contribution in [3.63, 3.8) is 0 Å². The van der Waals surface area contributed by atoms with E-state index in [4.69, 9.17) is 0 Å². The lowest BCUT2D eigenvalue weighted by molar-refractivity contribution is -0.128. The molecular formula is C14H28N2O.